The van der Waals surface area contributed by atoms with Crippen molar-refractivity contribution in [1.29, 1.82) is 5.26 Å². The van der Waals surface area contributed by atoms with Gasteiger partial charge in [-0.2, -0.15) is 9.65 Å². The molecule has 2 saturated heterocycles. The number of aromatic nitrogens is 2. The van der Waals surface area contributed by atoms with Crippen LogP contribution in [0.25, 0.3) is 11.4 Å². The molecule has 2 aliphatic carbocycles. The zero-order valence-electron chi connectivity index (χ0n) is 21.0. The predicted octanol–water partition coefficient (Wildman–Crippen LogP) is 4.72. The van der Waals surface area contributed by atoms with E-state index in [1.165, 1.54) is 35.1 Å². The Balaban J connectivity index is 1.43. The predicted molar refractivity (Wildman–Crippen MR) is 138 cm³/mol. The summed E-state index contributed by atoms with van der Waals surface area (Å²) in [5, 5.41) is 12.6. The summed E-state index contributed by atoms with van der Waals surface area (Å²) in [7, 11) is 0. The monoisotopic (exact) mass is 503 g/mol. The van der Waals surface area contributed by atoms with Crippen molar-refractivity contribution in [3.63, 3.8) is 0 Å². The molecule has 0 bridgehead atoms. The molecule has 8 heteroatoms. The average Bonchev–Trinajstić information content (AvgIpc) is 3.66. The summed E-state index contributed by atoms with van der Waals surface area (Å²) in [4.78, 5) is 20.2. The van der Waals surface area contributed by atoms with Gasteiger partial charge in [-0.05, 0) is 79.7 Å². The second-order valence-corrected chi connectivity index (χ2v) is 11.1. The van der Waals surface area contributed by atoms with Crippen LogP contribution in [-0.4, -0.2) is 35.7 Å². The number of rotatable bonds is 4. The van der Waals surface area contributed by atoms with Crippen molar-refractivity contribution in [2.75, 3.05) is 31.1 Å². The molecule has 37 heavy (non-hydrogen) atoms. The maximum atomic E-state index is 15.8. The van der Waals surface area contributed by atoms with Gasteiger partial charge >= 0.3 is 0 Å². The van der Waals surface area contributed by atoms with Crippen molar-refractivity contribution in [3.05, 3.63) is 69.6 Å². The molecule has 0 radical (unpaired) electrons. The lowest BCUT2D eigenvalue weighted by molar-refractivity contribution is 0.246. The van der Waals surface area contributed by atoms with Crippen LogP contribution in [0.4, 0.5) is 14.6 Å². The van der Waals surface area contributed by atoms with Gasteiger partial charge < -0.3 is 10.2 Å². The van der Waals surface area contributed by atoms with Gasteiger partial charge in [0.05, 0.1) is 11.6 Å². The zero-order valence-corrected chi connectivity index (χ0v) is 21.0. The van der Waals surface area contributed by atoms with E-state index in [1.807, 2.05) is 30.0 Å². The maximum Gasteiger partial charge on any atom is 0.292 e. The summed E-state index contributed by atoms with van der Waals surface area (Å²) < 4.78 is 31.9. The highest BCUT2D eigenvalue weighted by Gasteiger charge is 2.39. The van der Waals surface area contributed by atoms with E-state index in [1.54, 1.807) is 6.07 Å². The van der Waals surface area contributed by atoms with Crippen molar-refractivity contribution < 1.29 is 8.78 Å². The van der Waals surface area contributed by atoms with Gasteiger partial charge in [0.1, 0.15) is 17.7 Å². The second-order valence-electron chi connectivity index (χ2n) is 11.1. The minimum Gasteiger partial charge on any atom is -0.354 e. The van der Waals surface area contributed by atoms with Crippen LogP contribution in [0.15, 0.2) is 46.8 Å². The van der Waals surface area contributed by atoms with Gasteiger partial charge in [0.2, 0.25) is 5.82 Å². The summed E-state index contributed by atoms with van der Waals surface area (Å²) in [5.41, 5.74) is 0.999. The molecule has 0 amide bonds. The van der Waals surface area contributed by atoms with Gasteiger partial charge in [0.15, 0.2) is 5.82 Å². The number of benzene rings is 1. The van der Waals surface area contributed by atoms with Crippen LogP contribution in [0, 0.1) is 40.2 Å². The van der Waals surface area contributed by atoms with Gasteiger partial charge in [-0.1, -0.05) is 25.2 Å². The fourth-order valence-corrected chi connectivity index (χ4v) is 6.20. The van der Waals surface area contributed by atoms with Crippen LogP contribution in [0.1, 0.15) is 50.6 Å². The summed E-state index contributed by atoms with van der Waals surface area (Å²) >= 11 is 0. The van der Waals surface area contributed by atoms with Gasteiger partial charge in [0.25, 0.3) is 5.56 Å². The number of allylic oxidation sites excluding steroid dienone is 4. The number of anilines is 1. The van der Waals surface area contributed by atoms with E-state index in [0.717, 1.165) is 32.4 Å². The molecule has 6 nitrogen and oxygen atoms in total. The smallest absolute Gasteiger partial charge is 0.292 e. The molecule has 1 spiro atoms. The molecule has 3 heterocycles. The largest absolute Gasteiger partial charge is 0.354 e. The number of nitrogens with one attached hydrogen (secondary N) is 1. The minimum absolute atomic E-state index is 0.0310. The topological polar surface area (TPSA) is 74.0 Å². The Hall–Kier alpha value is -3.31. The van der Waals surface area contributed by atoms with Gasteiger partial charge in [0, 0.05) is 25.2 Å². The van der Waals surface area contributed by atoms with Gasteiger partial charge in [-0.15, -0.1) is 0 Å². The summed E-state index contributed by atoms with van der Waals surface area (Å²) in [6, 6.07) is 5.57. The second kappa shape index (κ2) is 9.21. The van der Waals surface area contributed by atoms with Crippen LogP contribution in [0.3, 0.4) is 0 Å². The Morgan fingerprint density at radius 2 is 1.97 bits per heavy atom. The highest BCUT2D eigenvalue weighted by Crippen LogP contribution is 2.42. The lowest BCUT2D eigenvalue weighted by Gasteiger charge is -2.39. The molecule has 1 N–H and O–H groups in total. The molecular weight excluding hydrogens is 472 g/mol. The molecule has 1 saturated carbocycles. The van der Waals surface area contributed by atoms with Gasteiger partial charge in [-0.3, -0.25) is 9.36 Å². The fourth-order valence-electron chi connectivity index (χ4n) is 6.20. The Kier molecular flexibility index (Phi) is 5.99. The minimum atomic E-state index is -0.865. The van der Waals surface area contributed by atoms with Crippen molar-refractivity contribution in [3.8, 4) is 17.5 Å². The number of piperidine rings is 1. The zero-order chi connectivity index (χ0) is 25.7. The molecule has 3 fully saturated rings. The molecular formula is C29H31F2N5O. The van der Waals surface area contributed by atoms with E-state index in [0.29, 0.717) is 24.6 Å². The van der Waals surface area contributed by atoms with Crippen LogP contribution >= 0.6 is 0 Å². The third kappa shape index (κ3) is 4.29. The first kappa shape index (κ1) is 24.1. The molecule has 2 aromatic rings. The third-order valence-corrected chi connectivity index (χ3v) is 8.67. The quantitative estimate of drug-likeness (QED) is 0.654. The first-order valence-corrected chi connectivity index (χ1v) is 13.3. The highest BCUT2D eigenvalue weighted by molar-refractivity contribution is 5.61. The molecule has 192 valence electrons. The van der Waals surface area contributed by atoms with Gasteiger partial charge in [-0.25, -0.2) is 9.37 Å². The molecule has 1 aromatic carbocycles. The van der Waals surface area contributed by atoms with Crippen LogP contribution in [0.5, 0.6) is 0 Å². The number of hydrogen-bond donors (Lipinski definition) is 1. The van der Waals surface area contributed by atoms with Crippen LogP contribution < -0.4 is 15.8 Å². The molecule has 4 aliphatic rings. The van der Waals surface area contributed by atoms with Crippen LogP contribution in [-0.2, 0) is 0 Å². The van der Waals surface area contributed by atoms with E-state index in [2.05, 4.69) is 11.4 Å². The number of nitrogens with zero attached hydrogens (tertiary/aromatic N) is 4. The highest BCUT2D eigenvalue weighted by atomic mass is 19.1. The van der Waals surface area contributed by atoms with Crippen molar-refractivity contribution >= 4 is 5.82 Å². The van der Waals surface area contributed by atoms with E-state index in [9.17, 15) is 14.4 Å². The Morgan fingerprint density at radius 1 is 1.19 bits per heavy atom. The number of hydrogen-bond acceptors (Lipinski definition) is 5. The van der Waals surface area contributed by atoms with E-state index in [4.69, 9.17) is 4.98 Å². The number of nitriles is 1. The molecule has 6 rings (SSSR count). The number of halogens is 2. The van der Waals surface area contributed by atoms with Crippen LogP contribution in [0.2, 0.25) is 0 Å². The SMILES string of the molecule is CC1C=C(C2CC2)C=CC1n1c(-c2ccc(C#N)c(F)c2)nc(N2CCC3(CCNC3)CC2)c(F)c1=O. The standard InChI is InChI=1S/C29H31F2N5O/c1-18-14-20(19-2-3-19)6-7-24(18)36-26(21-4-5-22(16-32)23(30)15-21)34-27(25(31)28(36)37)35-12-9-29(10-13-35)8-11-33-17-29/h4-7,14-15,18-19,24,33H,2-3,8-13,17H2,1H3. The van der Waals surface area contributed by atoms with Crippen molar-refractivity contribution in [2.24, 2.45) is 17.3 Å². The first-order valence-electron chi connectivity index (χ1n) is 13.3. The first-order chi connectivity index (χ1) is 17.9. The Morgan fingerprint density at radius 3 is 2.59 bits per heavy atom. The van der Waals surface area contributed by atoms with E-state index >= 15 is 4.39 Å². The molecule has 2 aliphatic heterocycles. The Labute approximate surface area is 215 Å². The lowest BCUT2D eigenvalue weighted by Crippen LogP contribution is -2.43. The third-order valence-electron chi connectivity index (χ3n) is 8.67. The van der Waals surface area contributed by atoms with Crippen molar-refractivity contribution in [2.45, 2.75) is 45.1 Å². The van der Waals surface area contributed by atoms with E-state index < -0.39 is 23.2 Å². The summed E-state index contributed by atoms with van der Waals surface area (Å²) in [5.74, 6) is -0.796. The summed E-state index contributed by atoms with van der Waals surface area (Å²) in [6.07, 6.45) is 11.4. The van der Waals surface area contributed by atoms with Crippen molar-refractivity contribution in [1.82, 2.24) is 14.9 Å². The average molecular weight is 504 g/mol. The lowest BCUT2D eigenvalue weighted by atomic mass is 9.78. The Bertz CT molecular complexity index is 1380. The normalized spacial score (nSPS) is 24.8. The van der Waals surface area contributed by atoms with E-state index in [-0.39, 0.29) is 28.5 Å². The molecule has 2 unspecified atom stereocenters. The molecule has 2 atom stereocenters. The fraction of sp³-hybridized carbons (Fsp3) is 0.483. The molecule has 1 aromatic heterocycles. The summed E-state index contributed by atoms with van der Waals surface area (Å²) in [6.45, 7) is 5.21. The maximum absolute atomic E-state index is 15.8.